The number of fused-ring (bicyclic) bond motifs is 1. The molecule has 2 heterocycles. The van der Waals surface area contributed by atoms with Gasteiger partial charge in [0.1, 0.15) is 5.76 Å². The highest BCUT2D eigenvalue weighted by Crippen LogP contribution is 2.38. The Labute approximate surface area is 89.7 Å². The molecule has 2 aliphatic rings. The second kappa shape index (κ2) is 3.65. The Kier molecular flexibility index (Phi) is 2.29. The van der Waals surface area contributed by atoms with Crippen molar-refractivity contribution in [3.05, 3.63) is 24.2 Å². The highest BCUT2D eigenvalue weighted by Gasteiger charge is 2.41. The van der Waals surface area contributed by atoms with E-state index in [1.807, 2.05) is 12.1 Å². The number of nitrogens with zero attached hydrogens (tertiary/aromatic N) is 1. The first kappa shape index (κ1) is 9.43. The largest absolute Gasteiger partial charge is 0.468 e. The fraction of sp³-hybridized carbons (Fsp3) is 0.667. The number of rotatable bonds is 2. The smallest absolute Gasteiger partial charge is 0.117 e. The molecule has 1 aromatic heterocycles. The van der Waals surface area contributed by atoms with Crippen molar-refractivity contribution in [3.63, 3.8) is 0 Å². The molecule has 1 saturated carbocycles. The number of furan rings is 1. The summed E-state index contributed by atoms with van der Waals surface area (Å²) in [5.41, 5.74) is 0. The molecule has 0 aromatic carbocycles. The molecule has 15 heavy (non-hydrogen) atoms. The van der Waals surface area contributed by atoms with E-state index in [9.17, 15) is 5.11 Å². The van der Waals surface area contributed by atoms with E-state index < -0.39 is 0 Å². The van der Waals surface area contributed by atoms with Gasteiger partial charge in [-0.3, -0.25) is 4.90 Å². The second-order valence-electron chi connectivity index (χ2n) is 4.84. The Hall–Kier alpha value is -0.800. The van der Waals surface area contributed by atoms with Crippen LogP contribution < -0.4 is 0 Å². The summed E-state index contributed by atoms with van der Waals surface area (Å²) in [4.78, 5) is 2.40. The number of likely N-dealkylation sites (tertiary alicyclic amines) is 1. The lowest BCUT2D eigenvalue weighted by Gasteiger charge is -2.16. The molecule has 3 atom stereocenters. The molecule has 2 fully saturated rings. The molecule has 0 amide bonds. The predicted molar refractivity (Wildman–Crippen MR) is 56.2 cm³/mol. The third-order valence-electron chi connectivity index (χ3n) is 3.85. The first-order valence-corrected chi connectivity index (χ1v) is 5.76. The van der Waals surface area contributed by atoms with Crippen molar-refractivity contribution in [2.24, 2.45) is 11.8 Å². The second-order valence-corrected chi connectivity index (χ2v) is 4.84. The van der Waals surface area contributed by atoms with Gasteiger partial charge in [-0.05, 0) is 30.9 Å². The fourth-order valence-electron chi connectivity index (χ4n) is 3.08. The first-order valence-electron chi connectivity index (χ1n) is 5.76. The average molecular weight is 207 g/mol. The zero-order valence-electron chi connectivity index (χ0n) is 8.80. The van der Waals surface area contributed by atoms with Crippen LogP contribution in [0.4, 0.5) is 0 Å². The zero-order valence-corrected chi connectivity index (χ0v) is 8.80. The van der Waals surface area contributed by atoms with Crippen LogP contribution in [0.3, 0.4) is 0 Å². The van der Waals surface area contributed by atoms with Gasteiger partial charge in [0.2, 0.25) is 0 Å². The minimum Gasteiger partial charge on any atom is -0.468 e. The Morgan fingerprint density at radius 2 is 2.33 bits per heavy atom. The molecule has 1 N–H and O–H groups in total. The standard InChI is InChI=1S/C12H17NO2/c14-12-4-3-9-6-13(8-11(9)12)7-10-2-1-5-15-10/h1-2,5,9,11-12,14H,3-4,6-8H2. The van der Waals surface area contributed by atoms with E-state index in [1.165, 1.54) is 6.42 Å². The summed E-state index contributed by atoms with van der Waals surface area (Å²) in [7, 11) is 0. The van der Waals surface area contributed by atoms with E-state index in [0.717, 1.165) is 37.7 Å². The van der Waals surface area contributed by atoms with Crippen molar-refractivity contribution >= 4 is 0 Å². The number of aliphatic hydroxyl groups excluding tert-OH is 1. The molecule has 3 unspecified atom stereocenters. The molecule has 3 heteroatoms. The van der Waals surface area contributed by atoms with Crippen molar-refractivity contribution in [1.29, 1.82) is 0 Å². The van der Waals surface area contributed by atoms with Crippen LogP contribution in [0.1, 0.15) is 18.6 Å². The summed E-state index contributed by atoms with van der Waals surface area (Å²) in [5, 5.41) is 9.79. The van der Waals surface area contributed by atoms with Gasteiger partial charge in [0, 0.05) is 19.0 Å². The van der Waals surface area contributed by atoms with Gasteiger partial charge in [-0.2, -0.15) is 0 Å². The number of aliphatic hydroxyl groups is 1. The van der Waals surface area contributed by atoms with Crippen LogP contribution in [0.5, 0.6) is 0 Å². The summed E-state index contributed by atoms with van der Waals surface area (Å²) >= 11 is 0. The van der Waals surface area contributed by atoms with E-state index >= 15 is 0 Å². The highest BCUT2D eigenvalue weighted by atomic mass is 16.3. The van der Waals surface area contributed by atoms with E-state index in [2.05, 4.69) is 4.90 Å². The molecule has 0 radical (unpaired) electrons. The maximum absolute atomic E-state index is 9.79. The SMILES string of the molecule is OC1CCC2CN(Cc3ccco3)CC12. The van der Waals surface area contributed by atoms with E-state index in [-0.39, 0.29) is 6.10 Å². The molecular formula is C12H17NO2. The Morgan fingerprint density at radius 3 is 3.07 bits per heavy atom. The van der Waals surface area contributed by atoms with Crippen molar-refractivity contribution in [2.75, 3.05) is 13.1 Å². The lowest BCUT2D eigenvalue weighted by molar-refractivity contribution is 0.122. The molecule has 1 aliphatic heterocycles. The van der Waals surface area contributed by atoms with Gasteiger partial charge in [0.25, 0.3) is 0 Å². The highest BCUT2D eigenvalue weighted by molar-refractivity contribution is 5.00. The minimum absolute atomic E-state index is 0.0587. The maximum atomic E-state index is 9.79. The summed E-state index contributed by atoms with van der Waals surface area (Å²) in [6.07, 6.45) is 3.86. The molecular weight excluding hydrogens is 190 g/mol. The van der Waals surface area contributed by atoms with Crippen LogP contribution in [-0.4, -0.2) is 29.2 Å². The fourth-order valence-corrected chi connectivity index (χ4v) is 3.08. The zero-order chi connectivity index (χ0) is 10.3. The monoisotopic (exact) mass is 207 g/mol. The number of hydrogen-bond acceptors (Lipinski definition) is 3. The van der Waals surface area contributed by atoms with E-state index in [0.29, 0.717) is 5.92 Å². The van der Waals surface area contributed by atoms with Gasteiger partial charge in [-0.15, -0.1) is 0 Å². The number of hydrogen-bond donors (Lipinski definition) is 1. The maximum Gasteiger partial charge on any atom is 0.117 e. The Balaban J connectivity index is 1.62. The minimum atomic E-state index is -0.0587. The molecule has 1 aliphatic carbocycles. The van der Waals surface area contributed by atoms with Gasteiger partial charge in [0.15, 0.2) is 0 Å². The van der Waals surface area contributed by atoms with Crippen LogP contribution in [0.15, 0.2) is 22.8 Å². The van der Waals surface area contributed by atoms with E-state index in [1.54, 1.807) is 6.26 Å². The van der Waals surface area contributed by atoms with Crippen molar-refractivity contribution in [1.82, 2.24) is 4.90 Å². The van der Waals surface area contributed by atoms with Crippen LogP contribution in [0, 0.1) is 11.8 Å². The Morgan fingerprint density at radius 1 is 1.40 bits per heavy atom. The molecule has 1 saturated heterocycles. The summed E-state index contributed by atoms with van der Waals surface area (Å²) < 4.78 is 5.34. The van der Waals surface area contributed by atoms with Crippen molar-refractivity contribution in [2.45, 2.75) is 25.5 Å². The average Bonchev–Trinajstić information content (AvgIpc) is 2.88. The first-order chi connectivity index (χ1) is 7.33. The van der Waals surface area contributed by atoms with E-state index in [4.69, 9.17) is 4.42 Å². The van der Waals surface area contributed by atoms with Crippen LogP contribution in [0.25, 0.3) is 0 Å². The molecule has 0 spiro atoms. The summed E-state index contributed by atoms with van der Waals surface area (Å²) in [5.74, 6) is 2.26. The Bertz CT molecular complexity index is 322. The van der Waals surface area contributed by atoms with Crippen molar-refractivity contribution in [3.8, 4) is 0 Å². The van der Waals surface area contributed by atoms with Crippen LogP contribution in [-0.2, 0) is 6.54 Å². The van der Waals surface area contributed by atoms with Crippen LogP contribution in [0.2, 0.25) is 0 Å². The summed E-state index contributed by atoms with van der Waals surface area (Å²) in [6.45, 7) is 3.06. The molecule has 1 aromatic rings. The molecule has 3 rings (SSSR count). The quantitative estimate of drug-likeness (QED) is 0.798. The lowest BCUT2D eigenvalue weighted by atomic mass is 10.00. The van der Waals surface area contributed by atoms with Gasteiger partial charge in [-0.25, -0.2) is 0 Å². The molecule has 82 valence electrons. The van der Waals surface area contributed by atoms with Crippen molar-refractivity contribution < 1.29 is 9.52 Å². The normalized spacial score (nSPS) is 35.9. The van der Waals surface area contributed by atoms with Gasteiger partial charge in [0.05, 0.1) is 18.9 Å². The lowest BCUT2D eigenvalue weighted by Crippen LogP contribution is -2.24. The third kappa shape index (κ3) is 1.70. The summed E-state index contributed by atoms with van der Waals surface area (Å²) in [6, 6.07) is 3.95. The topological polar surface area (TPSA) is 36.6 Å². The molecule has 3 nitrogen and oxygen atoms in total. The van der Waals surface area contributed by atoms with Gasteiger partial charge >= 0.3 is 0 Å². The predicted octanol–water partition coefficient (Wildman–Crippen LogP) is 1.48. The molecule has 0 bridgehead atoms. The van der Waals surface area contributed by atoms with Gasteiger partial charge in [-0.1, -0.05) is 0 Å². The van der Waals surface area contributed by atoms with Crippen LogP contribution >= 0.6 is 0 Å². The third-order valence-corrected chi connectivity index (χ3v) is 3.85. The van der Waals surface area contributed by atoms with Gasteiger partial charge < -0.3 is 9.52 Å².